The Morgan fingerprint density at radius 3 is 2.56 bits per heavy atom. The first-order chi connectivity index (χ1) is 15.7. The van der Waals surface area contributed by atoms with Crippen LogP contribution < -0.4 is 11.1 Å². The number of Topliss-reactive ketones (excluding diaryl/α,β-unsaturated/α-hetero) is 1. The van der Waals surface area contributed by atoms with Crippen LogP contribution in [0.4, 0.5) is 5.69 Å². The van der Waals surface area contributed by atoms with E-state index in [1.807, 2.05) is 16.7 Å². The zero-order valence-corrected chi connectivity index (χ0v) is 23.0. The van der Waals surface area contributed by atoms with Crippen LogP contribution in [-0.4, -0.2) is 34.4 Å². The van der Waals surface area contributed by atoms with Crippen molar-refractivity contribution in [2.75, 3.05) is 5.32 Å². The largest absolute Gasteiger partial charge is 0.462 e. The predicted octanol–water partition coefficient (Wildman–Crippen LogP) is 4.21. The summed E-state index contributed by atoms with van der Waals surface area (Å²) in [6.45, 7) is 6.00. The molecule has 34 heavy (non-hydrogen) atoms. The molecule has 1 radical (unpaired) electrons. The van der Waals surface area contributed by atoms with E-state index in [1.54, 1.807) is 19.2 Å². The average molecular weight is 539 g/mol. The quantitative estimate of drug-likeness (QED) is 0.423. The van der Waals surface area contributed by atoms with Gasteiger partial charge in [0.25, 0.3) is 5.91 Å². The molecule has 1 aromatic carbocycles. The smallest absolute Gasteiger partial charge is 0.305 e. The van der Waals surface area contributed by atoms with Gasteiger partial charge in [0, 0.05) is 56.5 Å². The minimum Gasteiger partial charge on any atom is -0.462 e. The summed E-state index contributed by atoms with van der Waals surface area (Å²) in [5.41, 5.74) is 9.12. The molecule has 1 fully saturated rings. The van der Waals surface area contributed by atoms with Gasteiger partial charge < -0.3 is 25.1 Å². The first-order valence-corrected chi connectivity index (χ1v) is 11.7. The van der Waals surface area contributed by atoms with Crippen LogP contribution in [0.25, 0.3) is 5.69 Å². The molecule has 0 atom stereocenters. The summed E-state index contributed by atoms with van der Waals surface area (Å²) in [6, 6.07) is 8.80. The molecule has 2 aliphatic rings. The van der Waals surface area contributed by atoms with Gasteiger partial charge in [-0.2, -0.15) is 6.07 Å². The van der Waals surface area contributed by atoms with Crippen LogP contribution in [0.2, 0.25) is 0 Å². The fraction of sp³-hybridized carbons (Fsp3) is 0.500. The summed E-state index contributed by atoms with van der Waals surface area (Å²) in [5, 5.41) is 3.49. The van der Waals surface area contributed by atoms with Gasteiger partial charge in [-0.1, -0.05) is 39.1 Å². The zero-order chi connectivity index (χ0) is 23.8. The predicted molar refractivity (Wildman–Crippen MR) is 126 cm³/mol. The van der Waals surface area contributed by atoms with Crippen LogP contribution in [0.3, 0.4) is 0 Å². The maximum absolute atomic E-state index is 12.6. The number of nitrogens with one attached hydrogen (secondary N) is 1. The molecule has 179 valence electrons. The number of carbonyl (C=O) groups excluding carboxylic acids is 3. The average Bonchev–Trinajstić information content (AvgIpc) is 3.17. The molecule has 3 N–H and O–H groups in total. The number of anilines is 1. The van der Waals surface area contributed by atoms with Gasteiger partial charge >= 0.3 is 5.97 Å². The van der Waals surface area contributed by atoms with Crippen molar-refractivity contribution in [1.29, 1.82) is 0 Å². The monoisotopic (exact) mass is 539 g/mol. The van der Waals surface area contributed by atoms with E-state index in [1.165, 1.54) is 0 Å². The van der Waals surface area contributed by atoms with E-state index in [9.17, 15) is 14.4 Å². The minimum atomic E-state index is -0.493. The first kappa shape index (κ1) is 26.6. The van der Waals surface area contributed by atoms with E-state index >= 15 is 0 Å². The number of benzene rings is 1. The van der Waals surface area contributed by atoms with Crippen molar-refractivity contribution in [3.05, 3.63) is 47.3 Å². The molecule has 2 aromatic rings. The Balaban J connectivity index is 0.00000324. The van der Waals surface area contributed by atoms with Gasteiger partial charge in [-0.25, -0.2) is 0 Å². The molecule has 0 saturated heterocycles. The molecule has 4 rings (SSSR count). The number of nitrogens with two attached hydrogens (primary N) is 1. The Morgan fingerprint density at radius 1 is 1.21 bits per heavy atom. The molecule has 8 heteroatoms. The van der Waals surface area contributed by atoms with Gasteiger partial charge in [0.05, 0.1) is 11.3 Å². The first-order valence-electron chi connectivity index (χ1n) is 11.7. The molecule has 1 aromatic heterocycles. The summed E-state index contributed by atoms with van der Waals surface area (Å²) in [7, 11) is 0. The van der Waals surface area contributed by atoms with Crippen molar-refractivity contribution in [2.24, 2.45) is 11.1 Å². The summed E-state index contributed by atoms with van der Waals surface area (Å²) >= 11 is 0. The summed E-state index contributed by atoms with van der Waals surface area (Å²) in [6.07, 6.45) is 6.68. The number of fused-ring (bicyclic) bond motifs is 1. The molecule has 7 nitrogen and oxygen atoms in total. The molecule has 0 aliphatic heterocycles. The second kappa shape index (κ2) is 10.7. The zero-order valence-electron chi connectivity index (χ0n) is 20.1. The Labute approximate surface area is 226 Å². The van der Waals surface area contributed by atoms with Gasteiger partial charge in [-0.3, -0.25) is 9.59 Å². The number of ketones is 1. The fourth-order valence-corrected chi connectivity index (χ4v) is 4.93. The van der Waals surface area contributed by atoms with Crippen LogP contribution in [0.1, 0.15) is 85.7 Å². The summed E-state index contributed by atoms with van der Waals surface area (Å²) < 4.78 is 7.46. The van der Waals surface area contributed by atoms with Crippen molar-refractivity contribution < 1.29 is 51.8 Å². The van der Waals surface area contributed by atoms with E-state index in [4.69, 9.17) is 10.5 Å². The number of carbonyl (C=O) groups is 3. The van der Waals surface area contributed by atoms with E-state index < -0.39 is 5.91 Å². The molecule has 0 unspecified atom stereocenters. The Morgan fingerprint density at radius 2 is 1.91 bits per heavy atom. The minimum absolute atomic E-state index is 0. The fourth-order valence-electron chi connectivity index (χ4n) is 4.93. The van der Waals surface area contributed by atoms with E-state index in [-0.39, 0.29) is 62.0 Å². The van der Waals surface area contributed by atoms with Crippen molar-refractivity contribution in [3.63, 3.8) is 0 Å². The molecule has 0 spiro atoms. The second-order valence-electron chi connectivity index (χ2n) is 9.96. The van der Waals surface area contributed by atoms with E-state index in [0.717, 1.165) is 43.5 Å². The second-order valence-corrected chi connectivity index (χ2v) is 9.96. The van der Waals surface area contributed by atoms with Gasteiger partial charge in [0.2, 0.25) is 0 Å². The molecule has 1 saturated carbocycles. The van der Waals surface area contributed by atoms with Crippen molar-refractivity contribution >= 4 is 23.3 Å². The van der Waals surface area contributed by atoms with Crippen LogP contribution in [0.15, 0.2) is 24.4 Å². The van der Waals surface area contributed by atoms with E-state index in [0.29, 0.717) is 29.7 Å². The Kier molecular flexibility index (Phi) is 8.40. The van der Waals surface area contributed by atoms with Gasteiger partial charge in [0.15, 0.2) is 0 Å². The number of ether oxygens (including phenoxy) is 1. The van der Waals surface area contributed by atoms with Crippen LogP contribution in [-0.2, 0) is 48.7 Å². The maximum atomic E-state index is 12.6. The number of esters is 1. The van der Waals surface area contributed by atoms with Crippen LogP contribution >= 0.6 is 0 Å². The normalized spacial score (nSPS) is 21.2. The molecular weight excluding hydrogens is 507 g/mol. The summed E-state index contributed by atoms with van der Waals surface area (Å²) in [4.78, 5) is 36.2. The van der Waals surface area contributed by atoms with Gasteiger partial charge in [0.1, 0.15) is 6.10 Å². The standard InChI is InChI=1S/C26H32N3O4.Y/c1-4-24(31)33-18-8-5-16(6-9-18)28-21-13-17(7-10-19(21)25(27)32)29-12-11-20-22(29)14-26(2,3)15-23(20)30;/h7,10,12-13,16,18,28H,4-6,8-9,14-15H2,1-3H3,(H2,27,32);/q-1;. The molecule has 2 aliphatic carbocycles. The van der Waals surface area contributed by atoms with Crippen LogP contribution in [0, 0.1) is 11.5 Å². The van der Waals surface area contributed by atoms with Crippen molar-refractivity contribution in [2.45, 2.75) is 77.9 Å². The third-order valence-electron chi connectivity index (χ3n) is 6.65. The topological polar surface area (TPSA) is 103 Å². The number of primary amides is 1. The van der Waals surface area contributed by atoms with Gasteiger partial charge in [-0.15, -0.1) is 5.56 Å². The molecular formula is C26H32N3O4Y-. The summed E-state index contributed by atoms with van der Waals surface area (Å²) in [5.74, 6) is -0.539. The van der Waals surface area contributed by atoms with Crippen LogP contribution in [0.5, 0.6) is 0 Å². The maximum Gasteiger partial charge on any atom is 0.305 e. The number of rotatable bonds is 6. The van der Waals surface area contributed by atoms with Crippen molar-refractivity contribution in [1.82, 2.24) is 4.57 Å². The Bertz CT molecular complexity index is 1080. The van der Waals surface area contributed by atoms with Gasteiger partial charge in [-0.05, 0) is 55.7 Å². The SMILES string of the molecule is CCC(=O)OC1CCC(Nc2cc(-n3c[c-]c4c3CC(C)(C)CC4=O)ccc2C(N)=O)CC1.[Y]. The molecule has 1 amide bonds. The molecule has 0 bridgehead atoms. The Hall–Kier alpha value is -1.99. The number of hydrogen-bond donors (Lipinski definition) is 2. The van der Waals surface area contributed by atoms with E-state index in [2.05, 4.69) is 25.2 Å². The number of nitrogens with zero attached hydrogens (tertiary/aromatic N) is 1. The third kappa shape index (κ3) is 5.80. The number of hydrogen-bond acceptors (Lipinski definition) is 5. The third-order valence-corrected chi connectivity index (χ3v) is 6.65. The van der Waals surface area contributed by atoms with Crippen molar-refractivity contribution in [3.8, 4) is 5.69 Å². The molecule has 1 heterocycles. The number of aromatic nitrogens is 1. The number of amides is 1.